The van der Waals surface area contributed by atoms with Crippen LogP contribution in [0.2, 0.25) is 0 Å². The Bertz CT molecular complexity index is 304. The van der Waals surface area contributed by atoms with E-state index in [4.69, 9.17) is 0 Å². The van der Waals surface area contributed by atoms with E-state index in [0.29, 0.717) is 6.04 Å². The first kappa shape index (κ1) is 12.3. The minimum Gasteiger partial charge on any atom is -0.313 e. The fourth-order valence-corrected chi connectivity index (χ4v) is 2.08. The molecule has 1 N–H and O–H groups in total. The zero-order chi connectivity index (χ0) is 11.3. The van der Waals surface area contributed by atoms with Gasteiger partial charge in [0, 0.05) is 6.04 Å². The van der Waals surface area contributed by atoms with E-state index in [9.17, 15) is 0 Å². The fraction of sp³-hybridized carbons (Fsp3) is 0.571. The molecule has 1 aromatic carbocycles. The molecule has 0 spiro atoms. The maximum absolute atomic E-state index is 3.41. The highest BCUT2D eigenvalue weighted by Crippen LogP contribution is 2.23. The molecule has 0 heterocycles. The summed E-state index contributed by atoms with van der Waals surface area (Å²) in [5, 5.41) is 3.41. The van der Waals surface area contributed by atoms with Crippen LogP contribution in [-0.4, -0.2) is 7.05 Å². The number of hydrogen-bond acceptors (Lipinski definition) is 1. The predicted molar refractivity (Wildman–Crippen MR) is 67.2 cm³/mol. The zero-order valence-electron chi connectivity index (χ0n) is 10.4. The Kier molecular flexibility index (Phi) is 4.83. The molecule has 15 heavy (non-hydrogen) atoms. The van der Waals surface area contributed by atoms with Gasteiger partial charge in [0.1, 0.15) is 0 Å². The predicted octanol–water partition coefficient (Wildman–Crippen LogP) is 3.75. The van der Waals surface area contributed by atoms with Crippen molar-refractivity contribution in [1.82, 2.24) is 5.32 Å². The molecule has 0 saturated heterocycles. The third-order valence-corrected chi connectivity index (χ3v) is 3.00. The van der Waals surface area contributed by atoms with Gasteiger partial charge >= 0.3 is 0 Å². The van der Waals surface area contributed by atoms with Crippen LogP contribution in [0.1, 0.15) is 48.9 Å². The van der Waals surface area contributed by atoms with E-state index >= 15 is 0 Å². The van der Waals surface area contributed by atoms with Gasteiger partial charge in [-0.2, -0.15) is 0 Å². The fourth-order valence-electron chi connectivity index (χ4n) is 2.08. The molecule has 1 aromatic rings. The average molecular weight is 205 g/mol. The molecule has 0 fully saturated rings. The molecule has 1 rings (SSSR count). The first-order chi connectivity index (χ1) is 7.19. The van der Waals surface area contributed by atoms with Crippen molar-refractivity contribution in [2.75, 3.05) is 7.05 Å². The first-order valence-electron chi connectivity index (χ1n) is 5.93. The minimum atomic E-state index is 0.519. The smallest absolute Gasteiger partial charge is 0.0320 e. The van der Waals surface area contributed by atoms with Crippen molar-refractivity contribution in [3.63, 3.8) is 0 Å². The quantitative estimate of drug-likeness (QED) is 0.772. The number of benzene rings is 1. The highest BCUT2D eigenvalue weighted by Gasteiger charge is 2.10. The molecule has 1 heteroatoms. The molecular formula is C14H23N. The Balaban J connectivity index is 2.81. The SMILES string of the molecule is CCCCC(NC)c1ccc(C)cc1C. The third-order valence-electron chi connectivity index (χ3n) is 3.00. The molecule has 0 radical (unpaired) electrons. The number of aryl methyl sites for hydroxylation is 2. The molecule has 84 valence electrons. The van der Waals surface area contributed by atoms with Gasteiger partial charge in [-0.05, 0) is 38.4 Å². The number of hydrogen-bond donors (Lipinski definition) is 1. The van der Waals surface area contributed by atoms with Gasteiger partial charge in [0.25, 0.3) is 0 Å². The van der Waals surface area contributed by atoms with Crippen LogP contribution in [-0.2, 0) is 0 Å². The van der Waals surface area contributed by atoms with E-state index in [2.05, 4.69) is 51.3 Å². The number of rotatable bonds is 5. The first-order valence-corrected chi connectivity index (χ1v) is 5.93. The van der Waals surface area contributed by atoms with Crippen LogP contribution in [0.3, 0.4) is 0 Å². The molecule has 0 saturated carbocycles. The molecule has 1 unspecified atom stereocenters. The van der Waals surface area contributed by atoms with Gasteiger partial charge in [0.15, 0.2) is 0 Å². The van der Waals surface area contributed by atoms with Crippen LogP contribution in [0.5, 0.6) is 0 Å². The van der Waals surface area contributed by atoms with Gasteiger partial charge in [0.05, 0.1) is 0 Å². The number of nitrogens with one attached hydrogen (secondary N) is 1. The molecule has 0 aliphatic heterocycles. The standard InChI is InChI=1S/C14H23N/c1-5-6-7-14(15-4)13-9-8-11(2)10-12(13)3/h8-10,14-15H,5-7H2,1-4H3. The Morgan fingerprint density at radius 2 is 2.00 bits per heavy atom. The second kappa shape index (κ2) is 5.92. The van der Waals surface area contributed by atoms with Gasteiger partial charge in [-0.25, -0.2) is 0 Å². The van der Waals surface area contributed by atoms with Gasteiger partial charge < -0.3 is 5.32 Å². The highest BCUT2D eigenvalue weighted by atomic mass is 14.9. The van der Waals surface area contributed by atoms with Crippen molar-refractivity contribution in [3.8, 4) is 0 Å². The molecule has 1 atom stereocenters. The van der Waals surface area contributed by atoms with E-state index < -0.39 is 0 Å². The summed E-state index contributed by atoms with van der Waals surface area (Å²) in [5.74, 6) is 0. The van der Waals surface area contributed by atoms with Crippen molar-refractivity contribution < 1.29 is 0 Å². The lowest BCUT2D eigenvalue weighted by Gasteiger charge is -2.19. The van der Waals surface area contributed by atoms with Crippen LogP contribution in [0.4, 0.5) is 0 Å². The van der Waals surface area contributed by atoms with Crippen molar-refractivity contribution in [3.05, 3.63) is 34.9 Å². The summed E-state index contributed by atoms with van der Waals surface area (Å²) in [4.78, 5) is 0. The van der Waals surface area contributed by atoms with E-state index in [1.165, 1.54) is 36.0 Å². The van der Waals surface area contributed by atoms with Crippen molar-refractivity contribution >= 4 is 0 Å². The van der Waals surface area contributed by atoms with Gasteiger partial charge in [-0.3, -0.25) is 0 Å². The monoisotopic (exact) mass is 205 g/mol. The van der Waals surface area contributed by atoms with Crippen LogP contribution >= 0.6 is 0 Å². The lowest BCUT2D eigenvalue weighted by molar-refractivity contribution is 0.520. The Morgan fingerprint density at radius 1 is 1.27 bits per heavy atom. The van der Waals surface area contributed by atoms with Gasteiger partial charge in [-0.15, -0.1) is 0 Å². The summed E-state index contributed by atoms with van der Waals surface area (Å²) in [5.41, 5.74) is 4.21. The van der Waals surface area contributed by atoms with E-state index in [1.54, 1.807) is 0 Å². The third kappa shape index (κ3) is 3.35. The summed E-state index contributed by atoms with van der Waals surface area (Å²) in [6, 6.07) is 7.26. The average Bonchev–Trinajstić information content (AvgIpc) is 2.21. The molecule has 0 aliphatic carbocycles. The lowest BCUT2D eigenvalue weighted by atomic mass is 9.96. The van der Waals surface area contributed by atoms with Gasteiger partial charge in [0.2, 0.25) is 0 Å². The van der Waals surface area contributed by atoms with E-state index in [1.807, 2.05) is 0 Å². The van der Waals surface area contributed by atoms with Crippen molar-refractivity contribution in [2.45, 2.75) is 46.1 Å². The normalized spacial score (nSPS) is 12.8. The molecular weight excluding hydrogens is 182 g/mol. The van der Waals surface area contributed by atoms with Crippen LogP contribution in [0.15, 0.2) is 18.2 Å². The molecule has 0 bridgehead atoms. The summed E-state index contributed by atoms with van der Waals surface area (Å²) >= 11 is 0. The molecule has 0 aromatic heterocycles. The largest absolute Gasteiger partial charge is 0.313 e. The van der Waals surface area contributed by atoms with E-state index in [0.717, 1.165) is 0 Å². The Morgan fingerprint density at radius 3 is 2.53 bits per heavy atom. The molecule has 1 nitrogen and oxygen atoms in total. The minimum absolute atomic E-state index is 0.519. The summed E-state index contributed by atoms with van der Waals surface area (Å²) in [7, 11) is 2.06. The topological polar surface area (TPSA) is 12.0 Å². The second-order valence-electron chi connectivity index (χ2n) is 4.34. The zero-order valence-corrected chi connectivity index (χ0v) is 10.4. The lowest BCUT2D eigenvalue weighted by Crippen LogP contribution is -2.17. The molecule has 0 amide bonds. The van der Waals surface area contributed by atoms with Crippen molar-refractivity contribution in [1.29, 1.82) is 0 Å². The van der Waals surface area contributed by atoms with Crippen LogP contribution in [0, 0.1) is 13.8 Å². The Labute approximate surface area is 93.9 Å². The second-order valence-corrected chi connectivity index (χ2v) is 4.34. The van der Waals surface area contributed by atoms with Crippen LogP contribution in [0.25, 0.3) is 0 Å². The van der Waals surface area contributed by atoms with Crippen molar-refractivity contribution in [2.24, 2.45) is 0 Å². The summed E-state index contributed by atoms with van der Waals surface area (Å²) < 4.78 is 0. The van der Waals surface area contributed by atoms with Crippen LogP contribution < -0.4 is 5.32 Å². The van der Waals surface area contributed by atoms with E-state index in [-0.39, 0.29) is 0 Å². The summed E-state index contributed by atoms with van der Waals surface area (Å²) in [6.45, 7) is 6.60. The van der Waals surface area contributed by atoms with Gasteiger partial charge in [-0.1, -0.05) is 43.5 Å². The Hall–Kier alpha value is -0.820. The highest BCUT2D eigenvalue weighted by molar-refractivity contribution is 5.32. The maximum Gasteiger partial charge on any atom is 0.0320 e. The maximum atomic E-state index is 3.41. The summed E-state index contributed by atoms with van der Waals surface area (Å²) in [6.07, 6.45) is 3.79. The number of unbranched alkanes of at least 4 members (excludes halogenated alkanes) is 1. The molecule has 0 aliphatic rings.